The third-order valence-corrected chi connectivity index (χ3v) is 3.49. The van der Waals surface area contributed by atoms with E-state index in [1.165, 1.54) is 25.7 Å². The molecule has 2 heterocycles. The lowest BCUT2D eigenvalue weighted by molar-refractivity contribution is 0.459. The van der Waals surface area contributed by atoms with Crippen LogP contribution in [0.1, 0.15) is 32.6 Å². The predicted octanol–water partition coefficient (Wildman–Crippen LogP) is 2.12. The van der Waals surface area contributed by atoms with Crippen molar-refractivity contribution in [2.24, 2.45) is 5.92 Å². The molecule has 1 saturated heterocycles. The van der Waals surface area contributed by atoms with Gasteiger partial charge >= 0.3 is 0 Å². The quantitative estimate of drug-likeness (QED) is 0.877. The van der Waals surface area contributed by atoms with E-state index in [2.05, 4.69) is 26.8 Å². The first-order chi connectivity index (χ1) is 8.19. The maximum Gasteiger partial charge on any atom is 0.231 e. The molecular weight excluding hydrogens is 238 g/mol. The van der Waals surface area contributed by atoms with Crippen molar-refractivity contribution in [2.45, 2.75) is 32.6 Å². The molecule has 5 nitrogen and oxygen atoms in total. The van der Waals surface area contributed by atoms with Crippen molar-refractivity contribution in [3.05, 3.63) is 5.28 Å². The van der Waals surface area contributed by atoms with Gasteiger partial charge in [-0.3, -0.25) is 0 Å². The molecule has 1 fully saturated rings. The number of aromatic nitrogens is 3. The Balaban J connectivity index is 2.11. The molecule has 0 saturated carbocycles. The largest absolute Gasteiger partial charge is 0.368 e. The number of hydrogen-bond donors (Lipinski definition) is 1. The monoisotopic (exact) mass is 255 g/mol. The third kappa shape index (κ3) is 3.19. The molecule has 0 spiro atoms. The van der Waals surface area contributed by atoms with E-state index in [0.29, 0.717) is 5.95 Å². The molecule has 1 aliphatic heterocycles. The molecule has 0 aliphatic carbocycles. The number of nitrogens with zero attached hydrogens (tertiary/aromatic N) is 4. The summed E-state index contributed by atoms with van der Waals surface area (Å²) in [5.41, 5.74) is 5.59. The minimum absolute atomic E-state index is 0.170. The molecule has 1 atom stereocenters. The summed E-state index contributed by atoms with van der Waals surface area (Å²) in [5, 5.41) is 0.170. The Hall–Kier alpha value is -1.10. The van der Waals surface area contributed by atoms with E-state index in [-0.39, 0.29) is 11.2 Å². The van der Waals surface area contributed by atoms with Gasteiger partial charge in [0.25, 0.3) is 0 Å². The molecule has 94 valence electrons. The molecule has 1 unspecified atom stereocenters. The lowest BCUT2D eigenvalue weighted by atomic mass is 9.98. The van der Waals surface area contributed by atoms with Gasteiger partial charge in [-0.2, -0.15) is 15.0 Å². The standard InChI is InChI=1S/C11H18ClN5/c1-2-8-4-3-6-17(7-5-8)11-15-9(12)14-10(13)16-11/h8H,2-7H2,1H3,(H2,13,14,15,16). The van der Waals surface area contributed by atoms with Crippen LogP contribution in [0.15, 0.2) is 0 Å². The molecule has 1 aliphatic rings. The summed E-state index contributed by atoms with van der Waals surface area (Å²) in [7, 11) is 0. The number of nitrogen functional groups attached to an aromatic ring is 1. The van der Waals surface area contributed by atoms with Crippen molar-refractivity contribution in [1.82, 2.24) is 15.0 Å². The summed E-state index contributed by atoms with van der Waals surface area (Å²) in [4.78, 5) is 14.2. The minimum atomic E-state index is 0.170. The van der Waals surface area contributed by atoms with Crippen LogP contribution in [0.3, 0.4) is 0 Å². The van der Waals surface area contributed by atoms with Crippen molar-refractivity contribution >= 4 is 23.5 Å². The van der Waals surface area contributed by atoms with Crippen LogP contribution in [0.25, 0.3) is 0 Å². The zero-order valence-electron chi connectivity index (χ0n) is 10.1. The minimum Gasteiger partial charge on any atom is -0.368 e. The first-order valence-corrected chi connectivity index (χ1v) is 6.49. The second-order valence-electron chi connectivity index (χ2n) is 4.45. The van der Waals surface area contributed by atoms with Crippen molar-refractivity contribution in [1.29, 1.82) is 0 Å². The van der Waals surface area contributed by atoms with Gasteiger partial charge in [-0.15, -0.1) is 0 Å². The fourth-order valence-corrected chi connectivity index (χ4v) is 2.43. The van der Waals surface area contributed by atoms with Crippen molar-refractivity contribution < 1.29 is 0 Å². The Labute approximate surface area is 106 Å². The zero-order chi connectivity index (χ0) is 12.3. The van der Waals surface area contributed by atoms with Gasteiger partial charge in [0.05, 0.1) is 0 Å². The van der Waals surface area contributed by atoms with E-state index >= 15 is 0 Å². The lowest BCUT2D eigenvalue weighted by Crippen LogP contribution is -2.26. The zero-order valence-corrected chi connectivity index (χ0v) is 10.8. The molecule has 2 N–H and O–H groups in total. The van der Waals surface area contributed by atoms with Crippen LogP contribution in [0.2, 0.25) is 5.28 Å². The number of rotatable bonds is 2. The smallest absolute Gasteiger partial charge is 0.231 e. The second-order valence-corrected chi connectivity index (χ2v) is 4.79. The van der Waals surface area contributed by atoms with Gasteiger partial charge in [-0.25, -0.2) is 0 Å². The predicted molar refractivity (Wildman–Crippen MR) is 69.1 cm³/mol. The molecule has 0 radical (unpaired) electrons. The third-order valence-electron chi connectivity index (χ3n) is 3.32. The van der Waals surface area contributed by atoms with Gasteiger partial charge in [0, 0.05) is 13.1 Å². The molecule has 1 aromatic rings. The Morgan fingerprint density at radius 3 is 2.82 bits per heavy atom. The fraction of sp³-hybridized carbons (Fsp3) is 0.727. The highest BCUT2D eigenvalue weighted by atomic mass is 35.5. The maximum absolute atomic E-state index is 5.80. The Morgan fingerprint density at radius 1 is 1.29 bits per heavy atom. The highest BCUT2D eigenvalue weighted by Crippen LogP contribution is 2.23. The lowest BCUT2D eigenvalue weighted by Gasteiger charge is -2.20. The molecule has 6 heteroatoms. The normalized spacial score (nSPS) is 21.3. The van der Waals surface area contributed by atoms with Gasteiger partial charge in [0.15, 0.2) is 0 Å². The molecule has 2 rings (SSSR count). The van der Waals surface area contributed by atoms with Crippen LogP contribution in [0.4, 0.5) is 11.9 Å². The maximum atomic E-state index is 5.80. The van der Waals surface area contributed by atoms with Crippen LogP contribution >= 0.6 is 11.6 Å². The molecular formula is C11H18ClN5. The van der Waals surface area contributed by atoms with E-state index in [4.69, 9.17) is 17.3 Å². The molecule has 17 heavy (non-hydrogen) atoms. The summed E-state index contributed by atoms with van der Waals surface area (Å²) in [6.07, 6.45) is 4.87. The van der Waals surface area contributed by atoms with Gasteiger partial charge in [0.2, 0.25) is 17.2 Å². The van der Waals surface area contributed by atoms with E-state index in [1.807, 2.05) is 0 Å². The summed E-state index contributed by atoms with van der Waals surface area (Å²) in [6, 6.07) is 0. The number of nitrogens with two attached hydrogens (primary N) is 1. The summed E-state index contributed by atoms with van der Waals surface area (Å²) in [5.74, 6) is 1.62. The van der Waals surface area contributed by atoms with Crippen molar-refractivity contribution in [3.63, 3.8) is 0 Å². The summed E-state index contributed by atoms with van der Waals surface area (Å²) in [6.45, 7) is 4.19. The summed E-state index contributed by atoms with van der Waals surface area (Å²) < 4.78 is 0. The van der Waals surface area contributed by atoms with E-state index in [0.717, 1.165) is 19.0 Å². The van der Waals surface area contributed by atoms with Crippen LogP contribution in [0, 0.1) is 5.92 Å². The Bertz CT molecular complexity index is 364. The van der Waals surface area contributed by atoms with Gasteiger partial charge in [-0.05, 0) is 36.8 Å². The van der Waals surface area contributed by atoms with E-state index < -0.39 is 0 Å². The van der Waals surface area contributed by atoms with Gasteiger partial charge in [0.1, 0.15) is 0 Å². The van der Waals surface area contributed by atoms with Crippen LogP contribution < -0.4 is 10.6 Å². The van der Waals surface area contributed by atoms with E-state index in [9.17, 15) is 0 Å². The second kappa shape index (κ2) is 5.49. The number of anilines is 2. The van der Waals surface area contributed by atoms with E-state index in [1.54, 1.807) is 0 Å². The van der Waals surface area contributed by atoms with Gasteiger partial charge in [-0.1, -0.05) is 13.3 Å². The average molecular weight is 256 g/mol. The van der Waals surface area contributed by atoms with Crippen molar-refractivity contribution in [3.8, 4) is 0 Å². The molecule has 0 bridgehead atoms. The average Bonchev–Trinajstić information content (AvgIpc) is 2.52. The number of hydrogen-bond acceptors (Lipinski definition) is 5. The highest BCUT2D eigenvalue weighted by molar-refractivity contribution is 6.28. The molecule has 1 aromatic heterocycles. The number of halogens is 1. The van der Waals surface area contributed by atoms with Crippen molar-refractivity contribution in [2.75, 3.05) is 23.7 Å². The van der Waals surface area contributed by atoms with Crippen LogP contribution in [-0.2, 0) is 0 Å². The van der Waals surface area contributed by atoms with Crippen LogP contribution in [0.5, 0.6) is 0 Å². The first kappa shape index (κ1) is 12.4. The van der Waals surface area contributed by atoms with Crippen LogP contribution in [-0.4, -0.2) is 28.0 Å². The first-order valence-electron chi connectivity index (χ1n) is 6.11. The fourth-order valence-electron chi connectivity index (χ4n) is 2.27. The topological polar surface area (TPSA) is 67.9 Å². The van der Waals surface area contributed by atoms with Gasteiger partial charge < -0.3 is 10.6 Å². The highest BCUT2D eigenvalue weighted by Gasteiger charge is 2.18. The molecule has 0 amide bonds. The Kier molecular flexibility index (Phi) is 3.99. The Morgan fingerprint density at radius 2 is 2.12 bits per heavy atom. The SMILES string of the molecule is CCC1CCCN(c2nc(N)nc(Cl)n2)CC1. The summed E-state index contributed by atoms with van der Waals surface area (Å²) >= 11 is 5.80. The molecule has 0 aromatic carbocycles.